The van der Waals surface area contributed by atoms with Crippen LogP contribution in [0.25, 0.3) is 0 Å². The van der Waals surface area contributed by atoms with E-state index in [9.17, 15) is 28.0 Å². The molecule has 3 heterocycles. The van der Waals surface area contributed by atoms with Gasteiger partial charge in [0, 0.05) is 30.4 Å². The first kappa shape index (κ1) is 25.1. The number of nitrogens with zero attached hydrogens (tertiary/aromatic N) is 2. The smallest absolute Gasteiger partial charge is 0.451 e. The Labute approximate surface area is 203 Å². The molecule has 0 aliphatic carbocycles. The molecule has 2 atom stereocenters. The highest BCUT2D eigenvalue weighted by molar-refractivity contribution is 5.99. The summed E-state index contributed by atoms with van der Waals surface area (Å²) < 4.78 is 48.6. The highest BCUT2D eigenvalue weighted by Crippen LogP contribution is 2.30. The van der Waals surface area contributed by atoms with Crippen LogP contribution in [-0.2, 0) is 27.3 Å². The van der Waals surface area contributed by atoms with Crippen LogP contribution < -0.4 is 15.5 Å². The molecule has 0 saturated carbocycles. The zero-order valence-corrected chi connectivity index (χ0v) is 19.4. The van der Waals surface area contributed by atoms with Gasteiger partial charge in [0.2, 0.25) is 18.0 Å². The number of halogens is 2. The summed E-state index contributed by atoms with van der Waals surface area (Å²) >= 11 is 0. The van der Waals surface area contributed by atoms with E-state index in [2.05, 4.69) is 14.8 Å². The van der Waals surface area contributed by atoms with Crippen LogP contribution in [0.4, 0.5) is 13.6 Å². The Hall–Kier alpha value is -4.00. The predicted molar refractivity (Wildman–Crippen MR) is 117 cm³/mol. The molecule has 1 fully saturated rings. The van der Waals surface area contributed by atoms with Crippen molar-refractivity contribution in [3.8, 4) is 5.75 Å². The highest BCUT2D eigenvalue weighted by Gasteiger charge is 2.41. The van der Waals surface area contributed by atoms with E-state index >= 15 is 0 Å². The number of methoxy groups -OCH3 is 1. The van der Waals surface area contributed by atoms with Gasteiger partial charge in [0.25, 0.3) is 11.8 Å². The van der Waals surface area contributed by atoms with Crippen LogP contribution >= 0.6 is 0 Å². The number of hydrogen-bond acceptors (Lipinski definition) is 8. The minimum absolute atomic E-state index is 0.00109. The van der Waals surface area contributed by atoms with Gasteiger partial charge < -0.3 is 33.7 Å². The lowest BCUT2D eigenvalue weighted by molar-refractivity contribution is -0.112. The summed E-state index contributed by atoms with van der Waals surface area (Å²) in [7, 11) is 1.08. The number of nitrogens with one attached hydrogen (secondary N) is 1. The van der Waals surface area contributed by atoms with Crippen molar-refractivity contribution in [2.75, 3.05) is 20.5 Å². The number of carbonyl (C=O) groups is 3. The van der Waals surface area contributed by atoms with Crippen molar-refractivity contribution in [3.63, 3.8) is 0 Å². The van der Waals surface area contributed by atoms with Gasteiger partial charge in [-0.2, -0.15) is 0 Å². The molecule has 0 radical (unpaired) electrons. The molecule has 11 nitrogen and oxygen atoms in total. The fraction of sp³-hybridized carbons (Fsp3) is 0.391. The monoisotopic (exact) mass is 507 g/mol. The highest BCUT2D eigenvalue weighted by atomic mass is 19.1. The van der Waals surface area contributed by atoms with Gasteiger partial charge in [0.15, 0.2) is 11.9 Å². The SMILES string of the molecule is COC(=O)OCOc1c2n(cc(C(=O)NCc3ccc(F)cc3F)c1=O)C[C@@H]1OCC[C@@H](C)N1C2=O. The quantitative estimate of drug-likeness (QED) is 0.463. The van der Waals surface area contributed by atoms with Crippen LogP contribution in [0.2, 0.25) is 0 Å². The minimum Gasteiger partial charge on any atom is -0.451 e. The van der Waals surface area contributed by atoms with Gasteiger partial charge in [0.05, 0.1) is 20.3 Å². The van der Waals surface area contributed by atoms with Crippen LogP contribution in [0.15, 0.2) is 29.2 Å². The summed E-state index contributed by atoms with van der Waals surface area (Å²) in [5.41, 5.74) is -1.48. The molecule has 192 valence electrons. The third kappa shape index (κ3) is 4.87. The number of pyridine rings is 1. The summed E-state index contributed by atoms with van der Waals surface area (Å²) in [6.07, 6.45) is 0.0809. The lowest BCUT2D eigenvalue weighted by atomic mass is 10.1. The van der Waals surface area contributed by atoms with E-state index in [-0.39, 0.29) is 30.4 Å². The molecule has 0 bridgehead atoms. The van der Waals surface area contributed by atoms with Crippen LogP contribution in [0.1, 0.15) is 39.8 Å². The second-order valence-electron chi connectivity index (χ2n) is 8.16. The largest absolute Gasteiger partial charge is 0.510 e. The maximum atomic E-state index is 14.0. The molecule has 0 unspecified atom stereocenters. The van der Waals surface area contributed by atoms with Crippen LogP contribution in [0, 0.1) is 11.6 Å². The van der Waals surface area contributed by atoms with Gasteiger partial charge in [-0.15, -0.1) is 0 Å². The Morgan fingerprint density at radius 2 is 2.03 bits per heavy atom. The van der Waals surface area contributed by atoms with Crippen LogP contribution in [0.3, 0.4) is 0 Å². The summed E-state index contributed by atoms with van der Waals surface area (Å²) in [5, 5.41) is 2.41. The Morgan fingerprint density at radius 3 is 2.75 bits per heavy atom. The van der Waals surface area contributed by atoms with Gasteiger partial charge in [-0.25, -0.2) is 13.6 Å². The number of ether oxygens (including phenoxy) is 4. The fourth-order valence-electron chi connectivity index (χ4n) is 4.07. The zero-order valence-electron chi connectivity index (χ0n) is 19.4. The molecule has 0 spiro atoms. The lowest BCUT2D eigenvalue weighted by Crippen LogP contribution is -2.57. The molecule has 2 aliphatic rings. The van der Waals surface area contributed by atoms with Gasteiger partial charge in [-0.1, -0.05) is 6.07 Å². The molecule has 1 saturated heterocycles. The zero-order chi connectivity index (χ0) is 26.0. The predicted octanol–water partition coefficient (Wildman–Crippen LogP) is 1.77. The molecule has 2 aliphatic heterocycles. The first-order chi connectivity index (χ1) is 17.2. The number of hydrogen-bond donors (Lipinski definition) is 1. The van der Waals surface area contributed by atoms with Crippen LogP contribution in [0.5, 0.6) is 5.75 Å². The molecule has 2 aromatic rings. The number of rotatable bonds is 6. The van der Waals surface area contributed by atoms with Crippen molar-refractivity contribution in [1.29, 1.82) is 0 Å². The average Bonchev–Trinajstić information content (AvgIpc) is 2.84. The van der Waals surface area contributed by atoms with Crippen LogP contribution in [-0.4, -0.2) is 60.2 Å². The van der Waals surface area contributed by atoms with E-state index in [1.54, 1.807) is 0 Å². The van der Waals surface area contributed by atoms with Gasteiger partial charge >= 0.3 is 6.16 Å². The number of benzene rings is 1. The maximum Gasteiger partial charge on any atom is 0.510 e. The Bertz CT molecular complexity index is 1260. The Balaban J connectivity index is 1.68. The third-order valence-corrected chi connectivity index (χ3v) is 5.90. The summed E-state index contributed by atoms with van der Waals surface area (Å²) in [6, 6.07) is 2.70. The molecule has 36 heavy (non-hydrogen) atoms. The number of amides is 2. The third-order valence-electron chi connectivity index (χ3n) is 5.90. The second-order valence-corrected chi connectivity index (χ2v) is 8.16. The molecule has 1 N–H and O–H groups in total. The van der Waals surface area contributed by atoms with E-state index in [4.69, 9.17) is 9.47 Å². The minimum atomic E-state index is -1.08. The summed E-state index contributed by atoms with van der Waals surface area (Å²) in [4.78, 5) is 52.3. The number of carbonyl (C=O) groups excluding carboxylic acids is 3. The molecule has 2 amide bonds. The molecule has 1 aromatic carbocycles. The first-order valence-electron chi connectivity index (χ1n) is 11.0. The van der Waals surface area contributed by atoms with Gasteiger partial charge in [-0.05, 0) is 19.4 Å². The van der Waals surface area contributed by atoms with E-state index in [0.29, 0.717) is 19.1 Å². The van der Waals surface area contributed by atoms with E-state index in [0.717, 1.165) is 19.2 Å². The molecular weight excluding hydrogens is 484 g/mol. The standard InChI is InChI=1S/C23H23F2N3O8/c1-12-5-6-34-17-10-27-9-15(21(30)26-8-13-3-4-14(24)7-16(13)25)19(29)20(18(27)22(31)28(12)17)35-11-36-23(32)33-2/h3-4,7,9,12,17H,5-6,8,10-11H2,1-2H3,(H,26,30)/t12-,17+/m1/s1. The topological polar surface area (TPSA) is 125 Å². The normalized spacial score (nSPS) is 18.7. The van der Waals surface area contributed by atoms with Crippen molar-refractivity contribution >= 4 is 18.0 Å². The second kappa shape index (κ2) is 10.3. The average molecular weight is 507 g/mol. The Kier molecular flexibility index (Phi) is 7.20. The van der Waals surface area contributed by atoms with Crippen molar-refractivity contribution in [2.24, 2.45) is 0 Å². The fourth-order valence-corrected chi connectivity index (χ4v) is 4.07. The van der Waals surface area contributed by atoms with E-state index < -0.39 is 59.4 Å². The van der Waals surface area contributed by atoms with Gasteiger partial charge in [0.1, 0.15) is 17.2 Å². The van der Waals surface area contributed by atoms with Crippen molar-refractivity contribution < 1.29 is 42.1 Å². The molecule has 1 aromatic heterocycles. The lowest BCUT2D eigenvalue weighted by Gasteiger charge is -2.44. The summed E-state index contributed by atoms with van der Waals surface area (Å²) in [6.45, 7) is 1.29. The van der Waals surface area contributed by atoms with Crippen molar-refractivity contribution in [1.82, 2.24) is 14.8 Å². The molecule has 4 rings (SSSR count). The number of aromatic nitrogens is 1. The Morgan fingerprint density at radius 1 is 1.25 bits per heavy atom. The van der Waals surface area contributed by atoms with Crippen molar-refractivity contribution in [3.05, 3.63) is 63.1 Å². The van der Waals surface area contributed by atoms with Gasteiger partial charge in [-0.3, -0.25) is 14.4 Å². The van der Waals surface area contributed by atoms with Crippen molar-refractivity contribution in [2.45, 2.75) is 38.7 Å². The number of fused-ring (bicyclic) bond motifs is 2. The van der Waals surface area contributed by atoms with E-state index in [1.165, 1.54) is 15.7 Å². The van der Waals surface area contributed by atoms with E-state index in [1.807, 2.05) is 6.92 Å². The first-order valence-corrected chi connectivity index (χ1v) is 11.0. The molecule has 13 heteroatoms. The summed E-state index contributed by atoms with van der Waals surface area (Å²) in [5.74, 6) is -3.57. The molecular formula is C23H23F2N3O8. The maximum absolute atomic E-state index is 14.0.